The first-order chi connectivity index (χ1) is 9.54. The van der Waals surface area contributed by atoms with Crippen molar-refractivity contribution in [2.75, 3.05) is 6.54 Å². The molecule has 0 saturated carbocycles. The van der Waals surface area contributed by atoms with Crippen molar-refractivity contribution in [3.63, 3.8) is 0 Å². The van der Waals surface area contributed by atoms with Crippen molar-refractivity contribution in [2.45, 2.75) is 59.4 Å². The lowest BCUT2D eigenvalue weighted by Crippen LogP contribution is -2.29. The van der Waals surface area contributed by atoms with Crippen LogP contribution in [0.5, 0.6) is 0 Å². The van der Waals surface area contributed by atoms with Gasteiger partial charge in [0.1, 0.15) is 11.6 Å². The molecular formula is C17H27F2N. The lowest BCUT2D eigenvalue weighted by atomic mass is 9.85. The summed E-state index contributed by atoms with van der Waals surface area (Å²) in [6.45, 7) is 8.63. The number of hydrogen-bond donors (Lipinski definition) is 1. The van der Waals surface area contributed by atoms with Crippen LogP contribution < -0.4 is 5.32 Å². The second-order valence-corrected chi connectivity index (χ2v) is 5.50. The van der Waals surface area contributed by atoms with Crippen LogP contribution in [0.1, 0.15) is 63.6 Å². The van der Waals surface area contributed by atoms with Crippen LogP contribution in [0.2, 0.25) is 0 Å². The molecule has 0 fully saturated rings. The van der Waals surface area contributed by atoms with E-state index in [-0.39, 0.29) is 17.7 Å². The molecular weight excluding hydrogens is 256 g/mol. The highest BCUT2D eigenvalue weighted by Gasteiger charge is 2.24. The molecule has 20 heavy (non-hydrogen) atoms. The zero-order valence-electron chi connectivity index (χ0n) is 13.1. The van der Waals surface area contributed by atoms with E-state index in [9.17, 15) is 8.78 Å². The summed E-state index contributed by atoms with van der Waals surface area (Å²) in [7, 11) is 0. The van der Waals surface area contributed by atoms with E-state index in [2.05, 4.69) is 19.2 Å². The Balaban J connectivity index is 3.13. The Morgan fingerprint density at radius 3 is 2.10 bits per heavy atom. The minimum Gasteiger partial charge on any atom is -0.310 e. The third-order valence-corrected chi connectivity index (χ3v) is 3.83. The topological polar surface area (TPSA) is 12.0 Å². The predicted octanol–water partition coefficient (Wildman–Crippen LogP) is 5.14. The fourth-order valence-corrected chi connectivity index (χ4v) is 2.87. The normalized spacial score (nSPS) is 12.9. The smallest absolute Gasteiger partial charge is 0.128 e. The molecule has 1 aromatic rings. The molecule has 3 heteroatoms. The molecule has 1 N–H and O–H groups in total. The zero-order valence-corrected chi connectivity index (χ0v) is 13.1. The van der Waals surface area contributed by atoms with Crippen LogP contribution in [0.4, 0.5) is 8.78 Å². The molecule has 0 spiro atoms. The van der Waals surface area contributed by atoms with E-state index in [4.69, 9.17) is 0 Å². The van der Waals surface area contributed by atoms with Crippen molar-refractivity contribution in [1.82, 2.24) is 5.32 Å². The third-order valence-electron chi connectivity index (χ3n) is 3.83. The van der Waals surface area contributed by atoms with Crippen molar-refractivity contribution in [3.05, 3.63) is 34.9 Å². The van der Waals surface area contributed by atoms with Gasteiger partial charge in [-0.1, -0.05) is 33.6 Å². The highest BCUT2D eigenvalue weighted by Crippen LogP contribution is 2.32. The number of nitrogens with one attached hydrogen (secondary N) is 1. The SMILES string of the molecule is CCCC(CCC)C(NCC)c1cc(F)c(C)cc1F. The standard InChI is InChI=1S/C17H27F2N/c1-5-8-13(9-6-2)17(20-7-3)14-11-15(18)12(4)10-16(14)19/h10-11,13,17,20H,5-9H2,1-4H3. The van der Waals surface area contributed by atoms with Gasteiger partial charge in [0.15, 0.2) is 0 Å². The number of aryl methyl sites for hydroxylation is 1. The molecule has 0 saturated heterocycles. The first-order valence-electron chi connectivity index (χ1n) is 7.73. The van der Waals surface area contributed by atoms with Gasteiger partial charge < -0.3 is 5.32 Å². The molecule has 0 heterocycles. The number of hydrogen-bond acceptors (Lipinski definition) is 1. The average Bonchev–Trinajstić information content (AvgIpc) is 2.40. The molecule has 1 atom stereocenters. The van der Waals surface area contributed by atoms with E-state index >= 15 is 0 Å². The molecule has 1 aromatic carbocycles. The van der Waals surface area contributed by atoms with Crippen molar-refractivity contribution >= 4 is 0 Å². The fourth-order valence-electron chi connectivity index (χ4n) is 2.87. The minimum atomic E-state index is -0.323. The summed E-state index contributed by atoms with van der Waals surface area (Å²) in [5.74, 6) is -0.273. The molecule has 0 aromatic heterocycles. The fraction of sp³-hybridized carbons (Fsp3) is 0.647. The van der Waals surface area contributed by atoms with Crippen LogP contribution in [0.15, 0.2) is 12.1 Å². The van der Waals surface area contributed by atoms with Crippen LogP contribution in [-0.4, -0.2) is 6.54 Å². The maximum atomic E-state index is 14.2. The maximum Gasteiger partial charge on any atom is 0.128 e. The number of benzene rings is 1. The van der Waals surface area contributed by atoms with Gasteiger partial charge in [-0.3, -0.25) is 0 Å². The van der Waals surface area contributed by atoms with Crippen LogP contribution in [0.3, 0.4) is 0 Å². The summed E-state index contributed by atoms with van der Waals surface area (Å²) in [6.07, 6.45) is 4.17. The Morgan fingerprint density at radius 2 is 1.60 bits per heavy atom. The highest BCUT2D eigenvalue weighted by molar-refractivity contribution is 5.28. The Bertz CT molecular complexity index is 412. The van der Waals surface area contributed by atoms with Gasteiger partial charge in [0.2, 0.25) is 0 Å². The van der Waals surface area contributed by atoms with Gasteiger partial charge in [-0.2, -0.15) is 0 Å². The molecule has 0 aliphatic heterocycles. The summed E-state index contributed by atoms with van der Waals surface area (Å²) < 4.78 is 28.0. The average molecular weight is 283 g/mol. The molecule has 0 aliphatic rings. The van der Waals surface area contributed by atoms with E-state index in [1.807, 2.05) is 6.92 Å². The van der Waals surface area contributed by atoms with Gasteiger partial charge in [-0.15, -0.1) is 0 Å². The molecule has 1 rings (SSSR count). The number of halogens is 2. The minimum absolute atomic E-state index is 0.102. The van der Waals surface area contributed by atoms with E-state index in [1.165, 1.54) is 12.1 Å². The van der Waals surface area contributed by atoms with E-state index in [0.29, 0.717) is 17.0 Å². The Morgan fingerprint density at radius 1 is 1.00 bits per heavy atom. The largest absolute Gasteiger partial charge is 0.310 e. The van der Waals surface area contributed by atoms with Crippen molar-refractivity contribution in [1.29, 1.82) is 0 Å². The summed E-state index contributed by atoms with van der Waals surface area (Å²) in [5, 5.41) is 3.35. The van der Waals surface area contributed by atoms with E-state index in [0.717, 1.165) is 32.2 Å². The zero-order chi connectivity index (χ0) is 15.1. The molecule has 1 unspecified atom stereocenters. The molecule has 0 aliphatic carbocycles. The van der Waals surface area contributed by atoms with Crippen LogP contribution >= 0.6 is 0 Å². The van der Waals surface area contributed by atoms with Crippen molar-refractivity contribution < 1.29 is 8.78 Å². The second kappa shape index (κ2) is 8.35. The Labute approximate surface area is 121 Å². The summed E-state index contributed by atoms with van der Waals surface area (Å²) in [5.41, 5.74) is 0.839. The quantitative estimate of drug-likeness (QED) is 0.696. The predicted molar refractivity (Wildman–Crippen MR) is 80.8 cm³/mol. The first kappa shape index (κ1) is 17.1. The third kappa shape index (κ3) is 4.27. The monoisotopic (exact) mass is 283 g/mol. The lowest BCUT2D eigenvalue weighted by molar-refractivity contribution is 0.312. The van der Waals surface area contributed by atoms with Gasteiger partial charge in [0, 0.05) is 11.6 Å². The molecule has 1 nitrogen and oxygen atoms in total. The van der Waals surface area contributed by atoms with E-state index in [1.54, 1.807) is 6.92 Å². The summed E-state index contributed by atoms with van der Waals surface area (Å²) >= 11 is 0. The number of rotatable bonds is 8. The van der Waals surface area contributed by atoms with Crippen LogP contribution in [0.25, 0.3) is 0 Å². The first-order valence-corrected chi connectivity index (χ1v) is 7.73. The Kier molecular flexibility index (Phi) is 7.14. The summed E-state index contributed by atoms with van der Waals surface area (Å²) in [4.78, 5) is 0. The molecule has 0 radical (unpaired) electrons. The van der Waals surface area contributed by atoms with Gasteiger partial charge in [-0.05, 0) is 49.9 Å². The van der Waals surface area contributed by atoms with Gasteiger partial charge in [0.25, 0.3) is 0 Å². The Hall–Kier alpha value is -0.960. The van der Waals surface area contributed by atoms with Crippen LogP contribution in [-0.2, 0) is 0 Å². The molecule has 0 bridgehead atoms. The van der Waals surface area contributed by atoms with E-state index < -0.39 is 0 Å². The maximum absolute atomic E-state index is 14.2. The van der Waals surface area contributed by atoms with Crippen molar-refractivity contribution in [2.24, 2.45) is 5.92 Å². The second-order valence-electron chi connectivity index (χ2n) is 5.50. The summed E-state index contributed by atoms with van der Waals surface area (Å²) in [6, 6.07) is 2.58. The lowest BCUT2D eigenvalue weighted by Gasteiger charge is -2.28. The van der Waals surface area contributed by atoms with Gasteiger partial charge in [0.05, 0.1) is 0 Å². The van der Waals surface area contributed by atoms with Gasteiger partial charge >= 0.3 is 0 Å². The molecule has 0 amide bonds. The van der Waals surface area contributed by atoms with Gasteiger partial charge in [-0.25, -0.2) is 8.78 Å². The van der Waals surface area contributed by atoms with Crippen LogP contribution in [0, 0.1) is 24.5 Å². The molecule has 114 valence electrons. The van der Waals surface area contributed by atoms with Crippen molar-refractivity contribution in [3.8, 4) is 0 Å². The highest BCUT2D eigenvalue weighted by atomic mass is 19.1.